The van der Waals surface area contributed by atoms with Crippen molar-refractivity contribution in [2.45, 2.75) is 64.7 Å². The van der Waals surface area contributed by atoms with Gasteiger partial charge in [0.2, 0.25) is 0 Å². The van der Waals surface area contributed by atoms with Gasteiger partial charge >= 0.3 is 0 Å². The molecule has 0 fully saturated rings. The lowest BCUT2D eigenvalue weighted by Crippen LogP contribution is -1.79. The minimum atomic E-state index is 0.735. The van der Waals surface area contributed by atoms with Gasteiger partial charge in [0.1, 0.15) is 0 Å². The summed E-state index contributed by atoms with van der Waals surface area (Å²) in [5.74, 6) is 0. The first-order valence-electron chi connectivity index (χ1n) is 5.93. The quantitative estimate of drug-likeness (QED) is 0.388. The standard InChI is InChI=1S/C13H23N/c1-2-3-4-5-6-7-8-9-10-11-12-13-14/h3-4H,2,5-12H2,1H3/b4-3+. The Morgan fingerprint density at radius 2 is 1.57 bits per heavy atom. The van der Waals surface area contributed by atoms with Crippen LogP contribution in [-0.2, 0) is 0 Å². The summed E-state index contributed by atoms with van der Waals surface area (Å²) in [6.45, 7) is 2.17. The summed E-state index contributed by atoms with van der Waals surface area (Å²) in [5, 5.41) is 8.33. The summed E-state index contributed by atoms with van der Waals surface area (Å²) < 4.78 is 0. The van der Waals surface area contributed by atoms with Crippen molar-refractivity contribution in [1.82, 2.24) is 0 Å². The highest BCUT2D eigenvalue weighted by molar-refractivity contribution is 4.79. The number of allylic oxidation sites excluding steroid dienone is 2. The third-order valence-corrected chi connectivity index (χ3v) is 2.31. The molecule has 0 amide bonds. The van der Waals surface area contributed by atoms with Crippen molar-refractivity contribution in [2.24, 2.45) is 0 Å². The number of rotatable bonds is 9. The minimum Gasteiger partial charge on any atom is -0.198 e. The van der Waals surface area contributed by atoms with E-state index in [0.717, 1.165) is 19.3 Å². The molecule has 0 bridgehead atoms. The van der Waals surface area contributed by atoms with Gasteiger partial charge in [-0.2, -0.15) is 5.26 Å². The van der Waals surface area contributed by atoms with Crippen molar-refractivity contribution >= 4 is 0 Å². The van der Waals surface area contributed by atoms with Crippen molar-refractivity contribution in [3.63, 3.8) is 0 Å². The SMILES string of the molecule is CC/C=C/CCCCCCCCC#N. The van der Waals surface area contributed by atoms with Crippen LogP contribution in [0.2, 0.25) is 0 Å². The van der Waals surface area contributed by atoms with Gasteiger partial charge in [0.25, 0.3) is 0 Å². The van der Waals surface area contributed by atoms with Gasteiger partial charge in [-0.05, 0) is 25.7 Å². The largest absolute Gasteiger partial charge is 0.198 e. The van der Waals surface area contributed by atoms with E-state index >= 15 is 0 Å². The Kier molecular flexibility index (Phi) is 11.6. The fourth-order valence-electron chi connectivity index (χ4n) is 1.46. The smallest absolute Gasteiger partial charge is 0.0621 e. The molecule has 0 saturated carbocycles. The molecular weight excluding hydrogens is 170 g/mol. The molecule has 0 radical (unpaired) electrons. The summed E-state index contributed by atoms with van der Waals surface area (Å²) in [5.41, 5.74) is 0. The van der Waals surface area contributed by atoms with E-state index in [0.29, 0.717) is 0 Å². The Labute approximate surface area is 88.8 Å². The molecule has 0 aromatic rings. The van der Waals surface area contributed by atoms with Crippen molar-refractivity contribution in [2.75, 3.05) is 0 Å². The van der Waals surface area contributed by atoms with Crippen molar-refractivity contribution in [3.05, 3.63) is 12.2 Å². The molecule has 0 atom stereocenters. The molecular formula is C13H23N. The van der Waals surface area contributed by atoms with Crippen LogP contribution >= 0.6 is 0 Å². The molecule has 0 N–H and O–H groups in total. The van der Waals surface area contributed by atoms with E-state index in [2.05, 4.69) is 25.1 Å². The highest BCUT2D eigenvalue weighted by atomic mass is 14.2. The van der Waals surface area contributed by atoms with Gasteiger partial charge in [0.15, 0.2) is 0 Å². The van der Waals surface area contributed by atoms with Gasteiger partial charge in [-0.3, -0.25) is 0 Å². The molecule has 0 aromatic heterocycles. The number of hydrogen-bond donors (Lipinski definition) is 0. The normalized spacial score (nSPS) is 10.6. The monoisotopic (exact) mass is 193 g/mol. The zero-order chi connectivity index (χ0) is 10.5. The number of nitrogens with zero attached hydrogens (tertiary/aromatic N) is 1. The van der Waals surface area contributed by atoms with Gasteiger partial charge in [0, 0.05) is 6.42 Å². The second-order valence-electron chi connectivity index (χ2n) is 3.70. The van der Waals surface area contributed by atoms with Crippen LogP contribution in [-0.4, -0.2) is 0 Å². The van der Waals surface area contributed by atoms with Gasteiger partial charge in [-0.1, -0.05) is 44.8 Å². The first kappa shape index (κ1) is 13.2. The topological polar surface area (TPSA) is 23.8 Å². The molecule has 0 aliphatic rings. The molecule has 0 spiro atoms. The van der Waals surface area contributed by atoms with E-state index in [1.54, 1.807) is 0 Å². The van der Waals surface area contributed by atoms with Crippen molar-refractivity contribution in [3.8, 4) is 6.07 Å². The average molecular weight is 193 g/mol. The number of nitriles is 1. The molecule has 14 heavy (non-hydrogen) atoms. The Morgan fingerprint density at radius 1 is 0.929 bits per heavy atom. The first-order chi connectivity index (χ1) is 6.91. The molecule has 1 nitrogen and oxygen atoms in total. The molecule has 0 aliphatic carbocycles. The highest BCUT2D eigenvalue weighted by Gasteiger charge is 1.89. The molecule has 1 heteroatoms. The Hall–Kier alpha value is -0.770. The Balaban J connectivity index is 2.92. The maximum atomic E-state index is 8.33. The van der Waals surface area contributed by atoms with E-state index in [1.807, 2.05) is 0 Å². The predicted molar refractivity (Wildman–Crippen MR) is 62.0 cm³/mol. The highest BCUT2D eigenvalue weighted by Crippen LogP contribution is 2.08. The van der Waals surface area contributed by atoms with Crippen LogP contribution in [0.3, 0.4) is 0 Å². The molecule has 0 unspecified atom stereocenters. The molecule has 0 aromatic carbocycles. The first-order valence-corrected chi connectivity index (χ1v) is 5.93. The van der Waals surface area contributed by atoms with E-state index < -0.39 is 0 Å². The fraction of sp³-hybridized carbons (Fsp3) is 0.769. The van der Waals surface area contributed by atoms with Gasteiger partial charge in [-0.15, -0.1) is 0 Å². The van der Waals surface area contributed by atoms with Crippen molar-refractivity contribution in [1.29, 1.82) is 5.26 Å². The van der Waals surface area contributed by atoms with Crippen LogP contribution in [0.15, 0.2) is 12.2 Å². The van der Waals surface area contributed by atoms with Gasteiger partial charge in [-0.25, -0.2) is 0 Å². The maximum Gasteiger partial charge on any atom is 0.0621 e. The summed E-state index contributed by atoms with van der Waals surface area (Å²) in [6, 6.07) is 2.18. The summed E-state index contributed by atoms with van der Waals surface area (Å²) >= 11 is 0. The Bertz CT molecular complexity index is 165. The summed E-state index contributed by atoms with van der Waals surface area (Å²) in [6.07, 6.45) is 15.3. The second-order valence-corrected chi connectivity index (χ2v) is 3.70. The molecule has 0 saturated heterocycles. The van der Waals surface area contributed by atoms with Crippen LogP contribution < -0.4 is 0 Å². The number of hydrogen-bond acceptors (Lipinski definition) is 1. The fourth-order valence-corrected chi connectivity index (χ4v) is 1.46. The minimum absolute atomic E-state index is 0.735. The van der Waals surface area contributed by atoms with E-state index in [9.17, 15) is 0 Å². The van der Waals surface area contributed by atoms with Crippen LogP contribution in [0.5, 0.6) is 0 Å². The van der Waals surface area contributed by atoms with Gasteiger partial charge < -0.3 is 0 Å². The second kappa shape index (κ2) is 12.2. The molecule has 0 rings (SSSR count). The zero-order valence-corrected chi connectivity index (χ0v) is 9.47. The summed E-state index contributed by atoms with van der Waals surface area (Å²) in [4.78, 5) is 0. The van der Waals surface area contributed by atoms with Gasteiger partial charge in [0.05, 0.1) is 6.07 Å². The van der Waals surface area contributed by atoms with Crippen LogP contribution in [0, 0.1) is 11.3 Å². The predicted octanol–water partition coefficient (Wildman–Crippen LogP) is 4.60. The maximum absolute atomic E-state index is 8.33. The van der Waals surface area contributed by atoms with E-state index in [4.69, 9.17) is 5.26 Å². The number of unbranched alkanes of at least 4 members (excludes halogenated alkanes) is 7. The molecule has 80 valence electrons. The van der Waals surface area contributed by atoms with E-state index in [-0.39, 0.29) is 0 Å². The lowest BCUT2D eigenvalue weighted by Gasteiger charge is -1.98. The molecule has 0 aliphatic heterocycles. The van der Waals surface area contributed by atoms with Crippen LogP contribution in [0.4, 0.5) is 0 Å². The lowest BCUT2D eigenvalue weighted by molar-refractivity contribution is 0.601. The Morgan fingerprint density at radius 3 is 2.21 bits per heavy atom. The third kappa shape index (κ3) is 11.2. The van der Waals surface area contributed by atoms with Crippen molar-refractivity contribution < 1.29 is 0 Å². The zero-order valence-electron chi connectivity index (χ0n) is 9.47. The lowest BCUT2D eigenvalue weighted by atomic mass is 10.1. The van der Waals surface area contributed by atoms with E-state index in [1.165, 1.54) is 38.5 Å². The van der Waals surface area contributed by atoms with Crippen LogP contribution in [0.25, 0.3) is 0 Å². The van der Waals surface area contributed by atoms with Crippen LogP contribution in [0.1, 0.15) is 64.7 Å². The average Bonchev–Trinajstić information content (AvgIpc) is 2.21. The summed E-state index contributed by atoms with van der Waals surface area (Å²) in [7, 11) is 0. The molecule has 0 heterocycles. The third-order valence-electron chi connectivity index (χ3n) is 2.31.